The number of ether oxygens (including phenoxy) is 2. The van der Waals surface area contributed by atoms with Crippen molar-refractivity contribution in [2.75, 3.05) is 13.1 Å². The molecule has 0 spiro atoms. The highest BCUT2D eigenvalue weighted by molar-refractivity contribution is 5.98. The van der Waals surface area contributed by atoms with Gasteiger partial charge in [-0.15, -0.1) is 13.2 Å². The van der Waals surface area contributed by atoms with Crippen molar-refractivity contribution in [2.45, 2.75) is 12.9 Å². The van der Waals surface area contributed by atoms with Crippen LogP contribution in [0.5, 0.6) is 11.5 Å². The summed E-state index contributed by atoms with van der Waals surface area (Å²) in [6.07, 6.45) is -7.32. The van der Waals surface area contributed by atoms with E-state index in [0.717, 1.165) is 0 Å². The number of alkyl halides is 3. The van der Waals surface area contributed by atoms with Crippen LogP contribution in [-0.2, 0) is 6.50 Å². The van der Waals surface area contributed by atoms with Crippen LogP contribution >= 0.6 is 0 Å². The van der Waals surface area contributed by atoms with E-state index in [1.807, 2.05) is 0 Å². The molecule has 4 rings (SSSR count). The lowest BCUT2D eigenvalue weighted by Gasteiger charge is -2.19. The van der Waals surface area contributed by atoms with Crippen LogP contribution in [0, 0.1) is 0 Å². The molecule has 1 amide bonds. The van der Waals surface area contributed by atoms with Gasteiger partial charge in [0.1, 0.15) is 23.9 Å². The Labute approximate surface area is 189 Å². The number of carbonyl (C=O) groups is 1. The van der Waals surface area contributed by atoms with E-state index >= 15 is 0 Å². The van der Waals surface area contributed by atoms with E-state index in [9.17, 15) is 18.0 Å². The van der Waals surface area contributed by atoms with Gasteiger partial charge in [0, 0.05) is 12.3 Å². The smallest absolute Gasteiger partial charge is 0.491 e. The van der Waals surface area contributed by atoms with Crippen LogP contribution in [-0.4, -0.2) is 40.2 Å². The molecule has 9 heteroatoms. The average Bonchev–Trinajstić information content (AvgIpc) is 3.01. The van der Waals surface area contributed by atoms with Gasteiger partial charge >= 0.3 is 6.36 Å². The molecule has 30 heavy (non-hydrogen) atoms. The van der Waals surface area contributed by atoms with Gasteiger partial charge in [0.15, 0.2) is 0 Å². The standard InChI is InChI=1S/C21H16F3N3O3/c22-21(23,24)30-16-5-2-14(3-6-16)15-4-7-18-17(12-15)20(28)27(10-11-29-18)13-19-25-8-1-9-26-19/h1-9,12H,10-11,13H2/i1D,2D,3D,4D,5D,6D,7D,8D,9D,10D2,12D,13D2. The quantitative estimate of drug-likeness (QED) is 0.625. The molecule has 2 heterocycles. The number of nitrogens with zero attached hydrogens (tertiary/aromatic N) is 3. The monoisotopic (exact) mass is 429 g/mol. The van der Waals surface area contributed by atoms with E-state index in [-0.39, 0.29) is 4.90 Å². The van der Waals surface area contributed by atoms with E-state index in [1.165, 1.54) is 0 Å². The molecule has 1 aromatic heterocycles. The molecule has 0 saturated heterocycles. The van der Waals surface area contributed by atoms with E-state index in [4.69, 9.17) is 23.9 Å². The lowest BCUT2D eigenvalue weighted by atomic mass is 10.0. The van der Waals surface area contributed by atoms with Crippen molar-refractivity contribution in [3.63, 3.8) is 0 Å². The normalized spacial score (nSPS) is 22.8. The Morgan fingerprint density at radius 1 is 1.17 bits per heavy atom. The molecule has 2 aromatic carbocycles. The number of benzene rings is 2. The van der Waals surface area contributed by atoms with Crippen LogP contribution in [0.2, 0.25) is 0 Å². The fourth-order valence-electron chi connectivity index (χ4n) is 2.18. The maximum Gasteiger partial charge on any atom is 0.573 e. The van der Waals surface area contributed by atoms with Crippen LogP contribution in [0.25, 0.3) is 11.1 Å². The Balaban J connectivity index is 2.03. The van der Waals surface area contributed by atoms with Crippen LogP contribution in [0.3, 0.4) is 0 Å². The molecule has 0 saturated carbocycles. The summed E-state index contributed by atoms with van der Waals surface area (Å²) in [6.45, 7) is -7.79. The summed E-state index contributed by atoms with van der Waals surface area (Å²) < 4.78 is 162. The molecule has 6 nitrogen and oxygen atoms in total. The maximum absolute atomic E-state index is 13.9. The molecule has 1 aliphatic rings. The number of hydrogen-bond donors (Lipinski definition) is 0. The summed E-state index contributed by atoms with van der Waals surface area (Å²) in [5.74, 6) is -5.30. The Kier molecular flexibility index (Phi) is 2.41. The summed E-state index contributed by atoms with van der Waals surface area (Å²) in [5, 5.41) is 0. The highest BCUT2D eigenvalue weighted by atomic mass is 19.4. The molecule has 1 aliphatic heterocycles. The molecule has 0 aliphatic carbocycles. The molecule has 154 valence electrons. The fourth-order valence-corrected chi connectivity index (χ4v) is 2.18. The first kappa shape index (κ1) is 9.03. The third-order valence-electron chi connectivity index (χ3n) is 3.35. The van der Waals surface area contributed by atoms with Crippen molar-refractivity contribution in [3.05, 3.63) is 72.1 Å². The predicted molar refractivity (Wildman–Crippen MR) is 101 cm³/mol. The average molecular weight is 429 g/mol. The second-order valence-corrected chi connectivity index (χ2v) is 5.30. The molecule has 0 radical (unpaired) electrons. The van der Waals surface area contributed by atoms with Crippen molar-refractivity contribution in [3.8, 4) is 22.6 Å². The minimum atomic E-state index is -5.43. The molecular weight excluding hydrogens is 399 g/mol. The lowest BCUT2D eigenvalue weighted by molar-refractivity contribution is -0.274. The van der Waals surface area contributed by atoms with Crippen LogP contribution in [0.15, 0.2) is 60.7 Å². The van der Waals surface area contributed by atoms with Crippen molar-refractivity contribution in [1.29, 1.82) is 0 Å². The topological polar surface area (TPSA) is 64.6 Å². The summed E-state index contributed by atoms with van der Waals surface area (Å²) >= 11 is 0. The molecule has 0 N–H and O–H groups in total. The van der Waals surface area contributed by atoms with E-state index in [1.54, 1.807) is 0 Å². The van der Waals surface area contributed by atoms with Crippen molar-refractivity contribution in [2.24, 2.45) is 0 Å². The SMILES string of the molecule is [2H]c1nc(C([2H])([2H])N2C(=O)c3c([2H])c(-c4c([2H])c([2H])c(OC(F)(F)F)c([2H])c4[2H])c([2H])c([2H])c3OCC2([2H])[2H])nc([2H])c1[2H]. The Bertz CT molecular complexity index is 1690. The third kappa shape index (κ3) is 4.51. The minimum Gasteiger partial charge on any atom is -0.491 e. The zero-order chi connectivity index (χ0) is 33.4. The summed E-state index contributed by atoms with van der Waals surface area (Å²) in [7, 11) is 0. The van der Waals surface area contributed by atoms with Crippen LogP contribution in [0.1, 0.15) is 35.4 Å². The van der Waals surface area contributed by atoms with Crippen LogP contribution < -0.4 is 9.47 Å². The zero-order valence-electron chi connectivity index (χ0n) is 28.4. The first-order valence-electron chi connectivity index (χ1n) is 14.8. The van der Waals surface area contributed by atoms with Gasteiger partial charge in [-0.3, -0.25) is 4.79 Å². The first-order valence-corrected chi connectivity index (χ1v) is 7.84. The molecule has 0 unspecified atom stereocenters. The zero-order valence-corrected chi connectivity index (χ0v) is 14.4. The van der Waals surface area contributed by atoms with Gasteiger partial charge in [-0.05, 0) is 41.3 Å². The Hall–Kier alpha value is -3.62. The van der Waals surface area contributed by atoms with Crippen molar-refractivity contribution >= 4 is 5.91 Å². The summed E-state index contributed by atoms with van der Waals surface area (Å²) in [6, 6.07) is -9.41. The molecule has 3 aromatic rings. The second kappa shape index (κ2) is 8.02. The fraction of sp³-hybridized carbons (Fsp3) is 0.190. The second-order valence-electron chi connectivity index (χ2n) is 5.30. The van der Waals surface area contributed by atoms with Gasteiger partial charge in [0.05, 0.1) is 37.7 Å². The van der Waals surface area contributed by atoms with E-state index in [0.29, 0.717) is 0 Å². The van der Waals surface area contributed by atoms with Gasteiger partial charge in [0.2, 0.25) is 0 Å². The highest BCUT2D eigenvalue weighted by Gasteiger charge is 2.31. The molecule has 0 fully saturated rings. The molecular formula is C21H16F3N3O3. The van der Waals surface area contributed by atoms with Gasteiger partial charge in [-0.2, -0.15) is 0 Å². The van der Waals surface area contributed by atoms with Crippen LogP contribution in [0.4, 0.5) is 13.2 Å². The van der Waals surface area contributed by atoms with Crippen molar-refractivity contribution < 1.29 is 46.6 Å². The third-order valence-corrected chi connectivity index (χ3v) is 3.35. The highest BCUT2D eigenvalue weighted by Crippen LogP contribution is 2.31. The van der Waals surface area contributed by atoms with Gasteiger partial charge < -0.3 is 14.4 Å². The number of carbonyl (C=O) groups excluding carboxylic acids is 1. The Morgan fingerprint density at radius 3 is 2.57 bits per heavy atom. The number of fused-ring (bicyclic) bond motifs is 1. The number of rotatable bonds is 4. The van der Waals surface area contributed by atoms with Gasteiger partial charge in [0.25, 0.3) is 5.91 Å². The molecule has 0 bridgehead atoms. The summed E-state index contributed by atoms with van der Waals surface area (Å²) in [5.41, 5.74) is -3.09. The van der Waals surface area contributed by atoms with Gasteiger partial charge in [-0.1, -0.05) is 18.1 Å². The summed E-state index contributed by atoms with van der Waals surface area (Å²) in [4.78, 5) is 20.6. The van der Waals surface area contributed by atoms with Crippen molar-refractivity contribution in [1.82, 2.24) is 14.9 Å². The molecule has 0 atom stereocenters. The van der Waals surface area contributed by atoms with E-state index < -0.39 is 127 Å². The maximum atomic E-state index is 13.9. The predicted octanol–water partition coefficient (Wildman–Crippen LogP) is 4.08. The number of amides is 1. The largest absolute Gasteiger partial charge is 0.573 e. The van der Waals surface area contributed by atoms with E-state index in [2.05, 4.69) is 14.7 Å². The number of aromatic nitrogens is 2. The van der Waals surface area contributed by atoms with Gasteiger partial charge in [-0.25, -0.2) is 9.97 Å². The number of hydrogen-bond acceptors (Lipinski definition) is 5. The lowest BCUT2D eigenvalue weighted by Crippen LogP contribution is -2.32. The number of halogens is 3. The minimum absolute atomic E-state index is 0.163. The first-order chi connectivity index (χ1) is 20.0. The Morgan fingerprint density at radius 2 is 1.87 bits per heavy atom.